The molecule has 0 fully saturated rings. The Bertz CT molecular complexity index is 466. The van der Waals surface area contributed by atoms with Crippen molar-refractivity contribution in [1.82, 2.24) is 0 Å². The predicted octanol–water partition coefficient (Wildman–Crippen LogP) is 3.70. The summed E-state index contributed by atoms with van der Waals surface area (Å²) in [6, 6.07) is 6.21. The van der Waals surface area contributed by atoms with Gasteiger partial charge in [0.25, 0.3) is 0 Å². The van der Waals surface area contributed by atoms with Crippen molar-refractivity contribution >= 4 is 11.3 Å². The van der Waals surface area contributed by atoms with E-state index in [1.54, 1.807) is 6.07 Å². The maximum Gasteiger partial charge on any atom is 0.191 e. The zero-order valence-corrected chi connectivity index (χ0v) is 8.78. The Morgan fingerprint density at radius 3 is 2.60 bits per heavy atom. The molecule has 0 atom stereocenters. The SMILES string of the molecule is COc1c(F)ccc(-c2cccs2)c1F. The van der Waals surface area contributed by atoms with Crippen LogP contribution in [-0.2, 0) is 0 Å². The molecule has 1 heterocycles. The molecule has 2 aromatic rings. The van der Waals surface area contributed by atoms with Gasteiger partial charge in [-0.1, -0.05) is 6.07 Å². The Labute approximate surface area is 89.9 Å². The lowest BCUT2D eigenvalue weighted by molar-refractivity contribution is 0.360. The van der Waals surface area contributed by atoms with Crippen molar-refractivity contribution in [2.24, 2.45) is 0 Å². The van der Waals surface area contributed by atoms with Crippen molar-refractivity contribution in [2.75, 3.05) is 7.11 Å². The van der Waals surface area contributed by atoms with E-state index in [1.807, 2.05) is 11.4 Å². The molecule has 0 saturated carbocycles. The zero-order valence-electron chi connectivity index (χ0n) is 7.96. The molecule has 4 heteroatoms. The van der Waals surface area contributed by atoms with Crippen LogP contribution >= 0.6 is 11.3 Å². The fourth-order valence-corrected chi connectivity index (χ4v) is 2.09. The topological polar surface area (TPSA) is 9.23 Å². The summed E-state index contributed by atoms with van der Waals surface area (Å²) in [7, 11) is 1.25. The van der Waals surface area contributed by atoms with Crippen LogP contribution in [0.4, 0.5) is 8.78 Å². The second kappa shape index (κ2) is 3.98. The summed E-state index contributed by atoms with van der Waals surface area (Å²) in [4.78, 5) is 0.755. The normalized spacial score (nSPS) is 10.3. The maximum absolute atomic E-state index is 13.7. The number of rotatable bonds is 2. The average molecular weight is 226 g/mol. The van der Waals surface area contributed by atoms with Gasteiger partial charge in [0, 0.05) is 10.4 Å². The standard InChI is InChI=1S/C11H8F2OS/c1-14-11-8(12)5-4-7(10(11)13)9-3-2-6-15-9/h2-6H,1H3. The summed E-state index contributed by atoms with van der Waals surface area (Å²) in [5, 5.41) is 1.84. The van der Waals surface area contributed by atoms with E-state index in [2.05, 4.69) is 4.74 Å². The van der Waals surface area contributed by atoms with Gasteiger partial charge in [-0.25, -0.2) is 8.78 Å². The molecule has 0 radical (unpaired) electrons. The van der Waals surface area contributed by atoms with Crippen molar-refractivity contribution < 1.29 is 13.5 Å². The number of benzene rings is 1. The van der Waals surface area contributed by atoms with Crippen LogP contribution in [-0.4, -0.2) is 7.11 Å². The van der Waals surface area contributed by atoms with Gasteiger partial charge in [0.1, 0.15) is 0 Å². The lowest BCUT2D eigenvalue weighted by atomic mass is 10.1. The van der Waals surface area contributed by atoms with E-state index >= 15 is 0 Å². The average Bonchev–Trinajstić information content (AvgIpc) is 2.71. The minimum absolute atomic E-state index is 0.332. The smallest absolute Gasteiger partial charge is 0.191 e. The third-order valence-corrected chi connectivity index (χ3v) is 2.94. The Morgan fingerprint density at radius 1 is 1.20 bits per heavy atom. The first-order valence-electron chi connectivity index (χ1n) is 4.30. The van der Waals surface area contributed by atoms with Gasteiger partial charge >= 0.3 is 0 Å². The molecule has 0 saturated heterocycles. The van der Waals surface area contributed by atoms with Crippen LogP contribution in [0, 0.1) is 11.6 Å². The molecule has 1 aromatic heterocycles. The number of methoxy groups -OCH3 is 1. The monoisotopic (exact) mass is 226 g/mol. The van der Waals surface area contributed by atoms with Crippen LogP contribution in [0.15, 0.2) is 29.6 Å². The molecule has 0 N–H and O–H groups in total. The van der Waals surface area contributed by atoms with Crippen molar-refractivity contribution in [3.05, 3.63) is 41.3 Å². The highest BCUT2D eigenvalue weighted by atomic mass is 32.1. The minimum atomic E-state index is -0.685. The lowest BCUT2D eigenvalue weighted by Crippen LogP contribution is -1.94. The Kier molecular flexibility index (Phi) is 2.68. The highest BCUT2D eigenvalue weighted by Gasteiger charge is 2.15. The zero-order chi connectivity index (χ0) is 10.8. The molecule has 78 valence electrons. The quantitative estimate of drug-likeness (QED) is 0.758. The summed E-state index contributed by atoms with van der Waals surface area (Å²) >= 11 is 1.40. The molecule has 0 bridgehead atoms. The number of hydrogen-bond donors (Lipinski definition) is 0. The largest absolute Gasteiger partial charge is 0.491 e. The minimum Gasteiger partial charge on any atom is -0.491 e. The summed E-state index contributed by atoms with van der Waals surface area (Å²) in [5.41, 5.74) is 0.364. The fourth-order valence-electron chi connectivity index (χ4n) is 1.34. The van der Waals surface area contributed by atoms with E-state index in [0.29, 0.717) is 5.56 Å². The highest BCUT2D eigenvalue weighted by molar-refractivity contribution is 7.13. The van der Waals surface area contributed by atoms with Gasteiger partial charge in [0.05, 0.1) is 7.11 Å². The van der Waals surface area contributed by atoms with Gasteiger partial charge < -0.3 is 4.74 Å². The predicted molar refractivity (Wildman–Crippen MR) is 56.2 cm³/mol. The van der Waals surface area contributed by atoms with Crippen molar-refractivity contribution in [1.29, 1.82) is 0 Å². The van der Waals surface area contributed by atoms with E-state index in [1.165, 1.54) is 30.6 Å². The number of thiophene rings is 1. The lowest BCUT2D eigenvalue weighted by Gasteiger charge is -2.06. The molecule has 0 spiro atoms. The van der Waals surface area contributed by atoms with Gasteiger partial charge in [-0.3, -0.25) is 0 Å². The number of ether oxygens (including phenoxy) is 1. The number of hydrogen-bond acceptors (Lipinski definition) is 2. The first-order chi connectivity index (χ1) is 7.24. The Hall–Kier alpha value is -1.42. The van der Waals surface area contributed by atoms with Crippen LogP contribution in [0.25, 0.3) is 10.4 Å². The molecule has 0 aliphatic heterocycles. The van der Waals surface area contributed by atoms with E-state index in [0.717, 1.165) is 4.88 Å². The second-order valence-electron chi connectivity index (χ2n) is 2.92. The summed E-state index contributed by atoms with van der Waals surface area (Å²) in [5.74, 6) is -1.67. The first-order valence-corrected chi connectivity index (χ1v) is 5.18. The van der Waals surface area contributed by atoms with Crippen molar-refractivity contribution in [3.8, 4) is 16.2 Å². The second-order valence-corrected chi connectivity index (χ2v) is 3.87. The van der Waals surface area contributed by atoms with Gasteiger partial charge in [-0.2, -0.15) is 0 Å². The Balaban J connectivity index is 2.60. The van der Waals surface area contributed by atoms with Crippen LogP contribution in [0.2, 0.25) is 0 Å². The molecular formula is C11H8F2OS. The van der Waals surface area contributed by atoms with E-state index in [-0.39, 0.29) is 5.75 Å². The van der Waals surface area contributed by atoms with Crippen LogP contribution in [0.3, 0.4) is 0 Å². The first kappa shape index (κ1) is 10.1. The molecule has 0 unspecified atom stereocenters. The molecule has 15 heavy (non-hydrogen) atoms. The molecule has 0 amide bonds. The fraction of sp³-hybridized carbons (Fsp3) is 0.0909. The molecular weight excluding hydrogens is 218 g/mol. The van der Waals surface area contributed by atoms with Gasteiger partial charge in [-0.15, -0.1) is 11.3 Å². The van der Waals surface area contributed by atoms with Crippen molar-refractivity contribution in [3.63, 3.8) is 0 Å². The van der Waals surface area contributed by atoms with Gasteiger partial charge in [0.15, 0.2) is 17.4 Å². The molecule has 0 aliphatic carbocycles. The van der Waals surface area contributed by atoms with E-state index in [9.17, 15) is 8.78 Å². The van der Waals surface area contributed by atoms with Gasteiger partial charge in [-0.05, 0) is 23.6 Å². The summed E-state index contributed by atoms with van der Waals surface area (Å²) in [6.07, 6.45) is 0. The summed E-state index contributed by atoms with van der Waals surface area (Å²) < 4.78 is 31.5. The maximum atomic E-state index is 13.7. The van der Waals surface area contributed by atoms with Crippen LogP contribution in [0.1, 0.15) is 0 Å². The van der Waals surface area contributed by atoms with Crippen LogP contribution in [0.5, 0.6) is 5.75 Å². The Morgan fingerprint density at radius 2 is 2.00 bits per heavy atom. The molecule has 1 nitrogen and oxygen atoms in total. The van der Waals surface area contributed by atoms with Gasteiger partial charge in [0.2, 0.25) is 0 Å². The van der Waals surface area contributed by atoms with Crippen LogP contribution < -0.4 is 4.74 Å². The molecule has 0 aliphatic rings. The molecule has 1 aromatic carbocycles. The third kappa shape index (κ3) is 1.72. The number of halogens is 2. The summed E-state index contributed by atoms with van der Waals surface area (Å²) in [6.45, 7) is 0. The van der Waals surface area contributed by atoms with E-state index in [4.69, 9.17) is 0 Å². The van der Waals surface area contributed by atoms with E-state index < -0.39 is 11.6 Å². The third-order valence-electron chi connectivity index (χ3n) is 2.04. The highest BCUT2D eigenvalue weighted by Crippen LogP contribution is 2.33. The molecule has 2 rings (SSSR count). The van der Waals surface area contributed by atoms with Crippen molar-refractivity contribution in [2.45, 2.75) is 0 Å².